The summed E-state index contributed by atoms with van der Waals surface area (Å²) in [6, 6.07) is 9.56. The number of pyridine rings is 1. The van der Waals surface area contributed by atoms with Gasteiger partial charge in [-0.05, 0) is 43.1 Å². The summed E-state index contributed by atoms with van der Waals surface area (Å²) < 4.78 is 19.1. The summed E-state index contributed by atoms with van der Waals surface area (Å²) in [5.41, 5.74) is 1.80. The topological polar surface area (TPSA) is 34.1 Å². The molecule has 1 aromatic heterocycles. The Balaban J connectivity index is 2.17. The average Bonchev–Trinajstić information content (AvgIpc) is 2.53. The van der Waals surface area contributed by atoms with Gasteiger partial charge in [-0.25, -0.2) is 4.39 Å². The SMILES string of the molecule is CCCNC(Cc1ccc(OC)cc1)c1ccncc1F. The van der Waals surface area contributed by atoms with Crippen LogP contribution in [0.1, 0.15) is 30.5 Å². The Bertz CT molecular complexity index is 557. The molecule has 1 unspecified atom stereocenters. The summed E-state index contributed by atoms with van der Waals surface area (Å²) in [5, 5.41) is 3.40. The summed E-state index contributed by atoms with van der Waals surface area (Å²) in [5.74, 6) is 0.562. The van der Waals surface area contributed by atoms with Crippen LogP contribution in [0.3, 0.4) is 0 Å². The van der Waals surface area contributed by atoms with E-state index in [0.29, 0.717) is 5.56 Å². The lowest BCUT2D eigenvalue weighted by atomic mass is 9.99. The van der Waals surface area contributed by atoms with Crippen LogP contribution in [0.4, 0.5) is 4.39 Å². The second kappa shape index (κ2) is 7.74. The van der Waals surface area contributed by atoms with Crippen LogP contribution < -0.4 is 10.1 Å². The van der Waals surface area contributed by atoms with E-state index in [-0.39, 0.29) is 11.9 Å². The molecule has 0 aliphatic carbocycles. The first-order valence-corrected chi connectivity index (χ1v) is 7.20. The van der Waals surface area contributed by atoms with Gasteiger partial charge in [0.1, 0.15) is 11.6 Å². The first-order valence-electron chi connectivity index (χ1n) is 7.20. The molecule has 0 aliphatic heterocycles. The van der Waals surface area contributed by atoms with Gasteiger partial charge in [0.2, 0.25) is 0 Å². The number of nitrogens with one attached hydrogen (secondary N) is 1. The zero-order valence-corrected chi connectivity index (χ0v) is 12.5. The predicted octanol–water partition coefficient (Wildman–Crippen LogP) is 3.51. The van der Waals surface area contributed by atoms with E-state index in [1.54, 1.807) is 19.4 Å². The number of aromatic nitrogens is 1. The van der Waals surface area contributed by atoms with E-state index in [0.717, 1.165) is 30.7 Å². The van der Waals surface area contributed by atoms with Crippen molar-refractivity contribution >= 4 is 0 Å². The molecule has 1 aromatic carbocycles. The molecule has 0 saturated heterocycles. The number of rotatable bonds is 7. The van der Waals surface area contributed by atoms with Gasteiger partial charge in [-0.2, -0.15) is 0 Å². The van der Waals surface area contributed by atoms with Gasteiger partial charge in [-0.3, -0.25) is 4.98 Å². The number of ether oxygens (including phenoxy) is 1. The van der Waals surface area contributed by atoms with Crippen molar-refractivity contribution in [2.24, 2.45) is 0 Å². The van der Waals surface area contributed by atoms with E-state index >= 15 is 0 Å². The number of halogens is 1. The number of benzene rings is 1. The molecule has 0 bridgehead atoms. The fourth-order valence-corrected chi connectivity index (χ4v) is 2.28. The van der Waals surface area contributed by atoms with Gasteiger partial charge in [-0.1, -0.05) is 19.1 Å². The molecule has 0 aliphatic rings. The number of hydrogen-bond acceptors (Lipinski definition) is 3. The van der Waals surface area contributed by atoms with Gasteiger partial charge in [0.15, 0.2) is 0 Å². The van der Waals surface area contributed by atoms with Crippen molar-refractivity contribution < 1.29 is 9.13 Å². The minimum atomic E-state index is -0.264. The van der Waals surface area contributed by atoms with Crippen molar-refractivity contribution in [2.75, 3.05) is 13.7 Å². The molecule has 3 nitrogen and oxygen atoms in total. The Morgan fingerprint density at radius 3 is 2.62 bits per heavy atom. The molecule has 112 valence electrons. The molecule has 4 heteroatoms. The lowest BCUT2D eigenvalue weighted by molar-refractivity contribution is 0.414. The van der Waals surface area contributed by atoms with Crippen molar-refractivity contribution in [3.8, 4) is 5.75 Å². The van der Waals surface area contributed by atoms with E-state index in [1.165, 1.54) is 6.20 Å². The average molecular weight is 288 g/mol. The highest BCUT2D eigenvalue weighted by atomic mass is 19.1. The quantitative estimate of drug-likeness (QED) is 0.846. The lowest BCUT2D eigenvalue weighted by Gasteiger charge is -2.19. The van der Waals surface area contributed by atoms with Crippen molar-refractivity contribution in [1.29, 1.82) is 0 Å². The van der Waals surface area contributed by atoms with Crippen molar-refractivity contribution in [3.63, 3.8) is 0 Å². The fraction of sp³-hybridized carbons (Fsp3) is 0.353. The summed E-state index contributed by atoms with van der Waals surface area (Å²) in [6.07, 6.45) is 4.63. The monoisotopic (exact) mass is 288 g/mol. The lowest BCUT2D eigenvalue weighted by Crippen LogP contribution is -2.25. The predicted molar refractivity (Wildman–Crippen MR) is 81.9 cm³/mol. The van der Waals surface area contributed by atoms with Gasteiger partial charge in [0.25, 0.3) is 0 Å². The van der Waals surface area contributed by atoms with Crippen LogP contribution in [0, 0.1) is 5.82 Å². The van der Waals surface area contributed by atoms with Crippen LogP contribution in [0.15, 0.2) is 42.7 Å². The Labute approximate surface area is 125 Å². The molecule has 0 fully saturated rings. The summed E-state index contributed by atoms with van der Waals surface area (Å²) in [7, 11) is 1.65. The largest absolute Gasteiger partial charge is 0.497 e. The molecular weight excluding hydrogens is 267 g/mol. The number of hydrogen-bond donors (Lipinski definition) is 1. The molecule has 2 rings (SSSR count). The van der Waals surface area contributed by atoms with Crippen molar-refractivity contribution in [2.45, 2.75) is 25.8 Å². The molecule has 0 amide bonds. The van der Waals surface area contributed by atoms with Crippen molar-refractivity contribution in [3.05, 3.63) is 59.7 Å². The van der Waals surface area contributed by atoms with E-state index in [9.17, 15) is 4.39 Å². The minimum absolute atomic E-state index is 0.0543. The van der Waals surface area contributed by atoms with E-state index < -0.39 is 0 Å². The maximum Gasteiger partial charge on any atom is 0.146 e. The number of nitrogens with zero attached hydrogens (tertiary/aromatic N) is 1. The molecular formula is C17H21FN2O. The van der Waals surface area contributed by atoms with Crippen LogP contribution in [0.2, 0.25) is 0 Å². The highest BCUT2D eigenvalue weighted by Gasteiger charge is 2.15. The highest BCUT2D eigenvalue weighted by molar-refractivity contribution is 5.29. The third kappa shape index (κ3) is 4.26. The van der Waals surface area contributed by atoms with Crippen LogP contribution >= 0.6 is 0 Å². The zero-order chi connectivity index (χ0) is 15.1. The standard InChI is InChI=1S/C17H21FN2O/c1-3-9-20-17(15-8-10-19-12-16(15)18)11-13-4-6-14(21-2)7-5-13/h4-8,10,12,17,20H,3,9,11H2,1-2H3. The van der Waals surface area contributed by atoms with Gasteiger partial charge in [0.05, 0.1) is 13.3 Å². The molecule has 21 heavy (non-hydrogen) atoms. The molecule has 0 radical (unpaired) electrons. The summed E-state index contributed by atoms with van der Waals surface area (Å²) in [4.78, 5) is 3.82. The molecule has 0 spiro atoms. The maximum atomic E-state index is 14.0. The third-order valence-electron chi connectivity index (χ3n) is 3.42. The van der Waals surface area contributed by atoms with E-state index in [4.69, 9.17) is 4.74 Å². The van der Waals surface area contributed by atoms with Gasteiger partial charge in [0, 0.05) is 17.8 Å². The Kier molecular flexibility index (Phi) is 5.69. The molecule has 1 heterocycles. The smallest absolute Gasteiger partial charge is 0.146 e. The Hall–Kier alpha value is -1.94. The van der Waals surface area contributed by atoms with Gasteiger partial charge in [-0.15, -0.1) is 0 Å². The number of methoxy groups -OCH3 is 1. The zero-order valence-electron chi connectivity index (χ0n) is 12.5. The van der Waals surface area contributed by atoms with Crippen LogP contribution in [0.5, 0.6) is 5.75 Å². The Morgan fingerprint density at radius 2 is 2.00 bits per heavy atom. The molecule has 0 saturated carbocycles. The first kappa shape index (κ1) is 15.4. The normalized spacial score (nSPS) is 12.1. The summed E-state index contributed by atoms with van der Waals surface area (Å²) in [6.45, 7) is 2.95. The third-order valence-corrected chi connectivity index (χ3v) is 3.42. The maximum absolute atomic E-state index is 14.0. The van der Waals surface area contributed by atoms with Crippen molar-refractivity contribution in [1.82, 2.24) is 10.3 Å². The second-order valence-corrected chi connectivity index (χ2v) is 4.96. The van der Waals surface area contributed by atoms with Gasteiger partial charge < -0.3 is 10.1 Å². The van der Waals surface area contributed by atoms with Crippen LogP contribution in [0.25, 0.3) is 0 Å². The van der Waals surface area contributed by atoms with E-state index in [1.807, 2.05) is 24.3 Å². The molecule has 1 atom stereocenters. The van der Waals surface area contributed by atoms with Crippen LogP contribution in [-0.2, 0) is 6.42 Å². The minimum Gasteiger partial charge on any atom is -0.497 e. The van der Waals surface area contributed by atoms with E-state index in [2.05, 4.69) is 17.2 Å². The molecule has 2 aromatic rings. The fourth-order valence-electron chi connectivity index (χ4n) is 2.28. The van der Waals surface area contributed by atoms with Crippen LogP contribution in [-0.4, -0.2) is 18.6 Å². The Morgan fingerprint density at radius 1 is 1.24 bits per heavy atom. The highest BCUT2D eigenvalue weighted by Crippen LogP contribution is 2.22. The first-order chi connectivity index (χ1) is 10.2. The second-order valence-electron chi connectivity index (χ2n) is 4.96. The van der Waals surface area contributed by atoms with Gasteiger partial charge >= 0.3 is 0 Å². The summed E-state index contributed by atoms with van der Waals surface area (Å²) >= 11 is 0. The molecule has 1 N–H and O–H groups in total.